The predicted octanol–water partition coefficient (Wildman–Crippen LogP) is 1.15. The molecule has 9 heteroatoms. The first kappa shape index (κ1) is 23.6. The zero-order valence-corrected chi connectivity index (χ0v) is 18.1. The first-order valence-electron chi connectivity index (χ1n) is 7.71. The van der Waals surface area contributed by atoms with E-state index >= 15 is 0 Å². The van der Waals surface area contributed by atoms with Gasteiger partial charge in [0.1, 0.15) is 9.84 Å². The molecule has 7 nitrogen and oxygen atoms in total. The van der Waals surface area contributed by atoms with E-state index in [0.717, 1.165) is 5.56 Å². The molecule has 0 saturated carbocycles. The van der Waals surface area contributed by atoms with Crippen molar-refractivity contribution >= 4 is 45.7 Å². The van der Waals surface area contributed by atoms with Crippen molar-refractivity contribution in [3.8, 4) is 0 Å². The lowest BCUT2D eigenvalue weighted by molar-refractivity contribution is 0.0963. The molecule has 0 fully saturated rings. The topological polar surface area (TPSA) is 99.7 Å². The van der Waals surface area contributed by atoms with Crippen molar-refractivity contribution in [1.29, 1.82) is 0 Å². The minimum atomic E-state index is -2.96. The highest BCUT2D eigenvalue weighted by atomic mass is 127. The van der Waals surface area contributed by atoms with E-state index in [4.69, 9.17) is 0 Å². The van der Waals surface area contributed by atoms with Gasteiger partial charge in [-0.2, -0.15) is 0 Å². The van der Waals surface area contributed by atoms with Crippen molar-refractivity contribution in [2.75, 3.05) is 26.1 Å². The SMILES string of the molecule is CN=C(NCc1ccc(C(=O)NC)cc1)NC(C)CCS(C)(=O)=O.I. The molecule has 0 aliphatic carbocycles. The molecule has 0 aliphatic rings. The van der Waals surface area contributed by atoms with Gasteiger partial charge in [-0.25, -0.2) is 8.42 Å². The van der Waals surface area contributed by atoms with E-state index in [0.29, 0.717) is 24.5 Å². The van der Waals surface area contributed by atoms with Crippen molar-refractivity contribution in [1.82, 2.24) is 16.0 Å². The van der Waals surface area contributed by atoms with Crippen LogP contribution >= 0.6 is 24.0 Å². The number of amides is 1. The Hall–Kier alpha value is -1.36. The quantitative estimate of drug-likeness (QED) is 0.308. The summed E-state index contributed by atoms with van der Waals surface area (Å²) < 4.78 is 22.4. The van der Waals surface area contributed by atoms with Gasteiger partial charge in [-0.1, -0.05) is 12.1 Å². The number of hydrogen-bond acceptors (Lipinski definition) is 4. The fourth-order valence-corrected chi connectivity index (χ4v) is 2.78. The molecule has 1 aromatic rings. The Labute approximate surface area is 167 Å². The summed E-state index contributed by atoms with van der Waals surface area (Å²) >= 11 is 0. The van der Waals surface area contributed by atoms with Crippen LogP contribution in [-0.4, -0.2) is 52.4 Å². The highest BCUT2D eigenvalue weighted by molar-refractivity contribution is 14.0. The van der Waals surface area contributed by atoms with E-state index in [1.54, 1.807) is 26.2 Å². The lowest BCUT2D eigenvalue weighted by Gasteiger charge is -2.17. The number of hydrogen-bond donors (Lipinski definition) is 3. The summed E-state index contributed by atoms with van der Waals surface area (Å²) in [6.07, 6.45) is 1.75. The molecule has 0 bridgehead atoms. The largest absolute Gasteiger partial charge is 0.355 e. The number of aliphatic imine (C=N–C) groups is 1. The molecule has 142 valence electrons. The number of carbonyl (C=O) groups is 1. The van der Waals surface area contributed by atoms with Crippen LogP contribution in [0.4, 0.5) is 0 Å². The molecule has 1 rings (SSSR count). The van der Waals surface area contributed by atoms with Crippen LogP contribution in [0.2, 0.25) is 0 Å². The summed E-state index contributed by atoms with van der Waals surface area (Å²) in [6, 6.07) is 7.26. The van der Waals surface area contributed by atoms with Crippen molar-refractivity contribution in [3.63, 3.8) is 0 Å². The lowest BCUT2D eigenvalue weighted by atomic mass is 10.1. The van der Waals surface area contributed by atoms with Gasteiger partial charge in [0.2, 0.25) is 0 Å². The van der Waals surface area contributed by atoms with Crippen LogP contribution in [0, 0.1) is 0 Å². The molecular weight excluding hydrogens is 455 g/mol. The molecular formula is C16H27IN4O3S. The first-order chi connectivity index (χ1) is 11.2. The molecule has 0 aromatic heterocycles. The molecule has 0 heterocycles. The van der Waals surface area contributed by atoms with Gasteiger partial charge in [-0.05, 0) is 31.0 Å². The number of nitrogens with one attached hydrogen (secondary N) is 3. The summed E-state index contributed by atoms with van der Waals surface area (Å²) in [4.78, 5) is 15.6. The van der Waals surface area contributed by atoms with E-state index < -0.39 is 9.84 Å². The van der Waals surface area contributed by atoms with Gasteiger partial charge in [0.05, 0.1) is 5.75 Å². The second-order valence-corrected chi connectivity index (χ2v) is 7.93. The van der Waals surface area contributed by atoms with Crippen LogP contribution in [0.1, 0.15) is 29.3 Å². The molecule has 1 atom stereocenters. The molecule has 1 amide bonds. The van der Waals surface area contributed by atoms with Gasteiger partial charge in [0.15, 0.2) is 5.96 Å². The normalized spacial score (nSPS) is 12.7. The zero-order valence-electron chi connectivity index (χ0n) is 15.0. The van der Waals surface area contributed by atoms with E-state index in [-0.39, 0.29) is 41.7 Å². The second kappa shape index (κ2) is 11.3. The van der Waals surface area contributed by atoms with Gasteiger partial charge in [0.25, 0.3) is 5.91 Å². The molecule has 25 heavy (non-hydrogen) atoms. The van der Waals surface area contributed by atoms with Crippen LogP contribution in [0.3, 0.4) is 0 Å². The number of benzene rings is 1. The Bertz CT molecular complexity index is 675. The Morgan fingerprint density at radius 3 is 2.32 bits per heavy atom. The average molecular weight is 482 g/mol. The average Bonchev–Trinajstić information content (AvgIpc) is 2.55. The Balaban J connectivity index is 0.00000576. The van der Waals surface area contributed by atoms with Gasteiger partial charge in [0, 0.05) is 38.5 Å². The molecule has 1 unspecified atom stereocenters. The van der Waals surface area contributed by atoms with Crippen LogP contribution in [-0.2, 0) is 16.4 Å². The summed E-state index contributed by atoms with van der Waals surface area (Å²) in [6.45, 7) is 2.46. The number of sulfone groups is 1. The Kier molecular flexibility index (Phi) is 10.7. The predicted molar refractivity (Wildman–Crippen MR) is 112 cm³/mol. The van der Waals surface area contributed by atoms with Crippen LogP contribution in [0.25, 0.3) is 0 Å². The standard InChI is InChI=1S/C16H26N4O3S.HI/c1-12(9-10-24(4,22)23)20-16(18-3)19-11-13-5-7-14(8-6-13)15(21)17-2;/h5-8,12H,9-11H2,1-4H3,(H,17,21)(H2,18,19,20);1H. The zero-order chi connectivity index (χ0) is 18.2. The van der Waals surface area contributed by atoms with Gasteiger partial charge in [-0.15, -0.1) is 24.0 Å². The van der Waals surface area contributed by atoms with Crippen LogP contribution in [0.5, 0.6) is 0 Å². The van der Waals surface area contributed by atoms with Crippen molar-refractivity contribution in [2.24, 2.45) is 4.99 Å². The number of guanidine groups is 1. The van der Waals surface area contributed by atoms with E-state index in [2.05, 4.69) is 20.9 Å². The molecule has 0 saturated heterocycles. The highest BCUT2D eigenvalue weighted by Gasteiger charge is 2.09. The van der Waals surface area contributed by atoms with Crippen molar-refractivity contribution < 1.29 is 13.2 Å². The fourth-order valence-electron chi connectivity index (χ4n) is 2.00. The van der Waals surface area contributed by atoms with Gasteiger partial charge in [-0.3, -0.25) is 9.79 Å². The maximum absolute atomic E-state index is 11.5. The van der Waals surface area contributed by atoms with E-state index in [9.17, 15) is 13.2 Å². The van der Waals surface area contributed by atoms with E-state index in [1.807, 2.05) is 19.1 Å². The molecule has 0 spiro atoms. The van der Waals surface area contributed by atoms with Crippen molar-refractivity contribution in [2.45, 2.75) is 25.9 Å². The Morgan fingerprint density at radius 1 is 1.24 bits per heavy atom. The lowest BCUT2D eigenvalue weighted by Crippen LogP contribution is -2.42. The third-order valence-corrected chi connectivity index (χ3v) is 4.41. The minimum absolute atomic E-state index is 0. The molecule has 0 radical (unpaired) electrons. The summed E-state index contributed by atoms with van der Waals surface area (Å²) in [5.74, 6) is 0.622. The van der Waals surface area contributed by atoms with E-state index in [1.165, 1.54) is 6.26 Å². The molecule has 3 N–H and O–H groups in total. The third-order valence-electron chi connectivity index (χ3n) is 3.43. The summed E-state index contributed by atoms with van der Waals surface area (Å²) in [5.41, 5.74) is 1.62. The maximum atomic E-state index is 11.5. The minimum Gasteiger partial charge on any atom is -0.355 e. The third kappa shape index (κ3) is 9.63. The molecule has 1 aromatic carbocycles. The monoisotopic (exact) mass is 482 g/mol. The number of rotatable bonds is 7. The fraction of sp³-hybridized carbons (Fsp3) is 0.500. The number of halogens is 1. The van der Waals surface area contributed by atoms with Crippen LogP contribution in [0.15, 0.2) is 29.3 Å². The number of nitrogens with zero attached hydrogens (tertiary/aromatic N) is 1. The smallest absolute Gasteiger partial charge is 0.251 e. The van der Waals surface area contributed by atoms with Gasteiger partial charge >= 0.3 is 0 Å². The van der Waals surface area contributed by atoms with Crippen molar-refractivity contribution in [3.05, 3.63) is 35.4 Å². The summed E-state index contributed by atoms with van der Waals surface area (Å²) in [7, 11) is 0.292. The molecule has 0 aliphatic heterocycles. The number of carbonyl (C=O) groups excluding carboxylic acids is 1. The van der Waals surface area contributed by atoms with Crippen LogP contribution < -0.4 is 16.0 Å². The Morgan fingerprint density at radius 2 is 1.84 bits per heavy atom. The maximum Gasteiger partial charge on any atom is 0.251 e. The summed E-state index contributed by atoms with van der Waals surface area (Å²) in [5, 5.41) is 8.90. The second-order valence-electron chi connectivity index (χ2n) is 5.67. The highest BCUT2D eigenvalue weighted by Crippen LogP contribution is 2.04. The van der Waals surface area contributed by atoms with Gasteiger partial charge < -0.3 is 16.0 Å². The first-order valence-corrected chi connectivity index (χ1v) is 9.77.